The van der Waals surface area contributed by atoms with Gasteiger partial charge in [0.25, 0.3) is 0 Å². The van der Waals surface area contributed by atoms with E-state index in [1.54, 1.807) is 6.33 Å². The summed E-state index contributed by atoms with van der Waals surface area (Å²) in [5, 5.41) is 12.3. The SMILES string of the molecule is O=C(Cc1c[nH]c2ccccc12)NCc1nncn1C1CCCCC1. The summed E-state index contributed by atoms with van der Waals surface area (Å²) in [6, 6.07) is 8.51. The van der Waals surface area contributed by atoms with Crippen LogP contribution in [0.15, 0.2) is 36.8 Å². The Morgan fingerprint density at radius 3 is 2.96 bits per heavy atom. The van der Waals surface area contributed by atoms with Gasteiger partial charge in [0.05, 0.1) is 13.0 Å². The molecule has 2 aromatic heterocycles. The number of rotatable bonds is 5. The average Bonchev–Trinajstić information content (AvgIpc) is 3.28. The average molecular weight is 337 g/mol. The number of aromatic nitrogens is 4. The van der Waals surface area contributed by atoms with Crippen molar-refractivity contribution in [2.75, 3.05) is 0 Å². The summed E-state index contributed by atoms with van der Waals surface area (Å²) in [5.74, 6) is 0.849. The first kappa shape index (κ1) is 15.9. The standard InChI is InChI=1S/C19H23N5O/c25-19(10-14-11-20-17-9-5-4-8-16(14)17)21-12-18-23-22-13-24(18)15-6-2-1-3-7-15/h4-5,8-9,11,13,15,20H,1-3,6-7,10,12H2,(H,21,25). The second-order valence-electron chi connectivity index (χ2n) is 6.76. The molecule has 3 aromatic rings. The highest BCUT2D eigenvalue weighted by Crippen LogP contribution is 2.28. The minimum absolute atomic E-state index is 0.00273. The van der Waals surface area contributed by atoms with E-state index in [9.17, 15) is 4.79 Å². The van der Waals surface area contributed by atoms with Crippen LogP contribution in [-0.4, -0.2) is 25.7 Å². The molecule has 6 heteroatoms. The molecular formula is C19H23N5O. The lowest BCUT2D eigenvalue weighted by Gasteiger charge is -2.24. The van der Waals surface area contributed by atoms with Crippen molar-refractivity contribution < 1.29 is 4.79 Å². The van der Waals surface area contributed by atoms with E-state index in [-0.39, 0.29) is 5.91 Å². The maximum Gasteiger partial charge on any atom is 0.224 e. The van der Waals surface area contributed by atoms with E-state index in [2.05, 4.69) is 25.1 Å². The number of nitrogens with zero attached hydrogens (tertiary/aromatic N) is 3. The molecule has 2 N–H and O–H groups in total. The molecule has 1 aliphatic carbocycles. The predicted molar refractivity (Wildman–Crippen MR) is 96.0 cm³/mol. The molecule has 1 aliphatic rings. The third-order valence-electron chi connectivity index (χ3n) is 5.08. The summed E-state index contributed by atoms with van der Waals surface area (Å²) < 4.78 is 2.14. The van der Waals surface area contributed by atoms with Crippen molar-refractivity contribution in [2.24, 2.45) is 0 Å². The minimum Gasteiger partial charge on any atom is -0.361 e. The van der Waals surface area contributed by atoms with Crippen LogP contribution in [0.25, 0.3) is 10.9 Å². The fourth-order valence-corrected chi connectivity index (χ4v) is 3.75. The van der Waals surface area contributed by atoms with Crippen LogP contribution in [0.5, 0.6) is 0 Å². The zero-order valence-corrected chi connectivity index (χ0v) is 14.2. The first-order chi connectivity index (χ1) is 12.3. The number of hydrogen-bond donors (Lipinski definition) is 2. The van der Waals surface area contributed by atoms with Crippen LogP contribution in [0.3, 0.4) is 0 Å². The number of amides is 1. The summed E-state index contributed by atoms with van der Waals surface area (Å²) in [6.45, 7) is 0.428. The van der Waals surface area contributed by atoms with Gasteiger partial charge in [-0.25, -0.2) is 0 Å². The third kappa shape index (κ3) is 3.43. The molecule has 4 rings (SSSR count). The Hall–Kier alpha value is -2.63. The molecule has 0 saturated heterocycles. The Morgan fingerprint density at radius 2 is 2.08 bits per heavy atom. The van der Waals surface area contributed by atoms with Gasteiger partial charge in [0.2, 0.25) is 5.91 Å². The van der Waals surface area contributed by atoms with E-state index in [0.29, 0.717) is 19.0 Å². The van der Waals surface area contributed by atoms with Crippen LogP contribution in [0, 0.1) is 0 Å². The van der Waals surface area contributed by atoms with Crippen LogP contribution in [0.4, 0.5) is 0 Å². The monoisotopic (exact) mass is 337 g/mol. The minimum atomic E-state index is 0.00273. The summed E-state index contributed by atoms with van der Waals surface area (Å²) in [6.07, 6.45) is 10.3. The molecule has 0 radical (unpaired) electrons. The van der Waals surface area contributed by atoms with Crippen molar-refractivity contribution in [1.82, 2.24) is 25.1 Å². The number of benzene rings is 1. The molecule has 25 heavy (non-hydrogen) atoms. The molecule has 1 saturated carbocycles. The molecule has 0 atom stereocenters. The largest absolute Gasteiger partial charge is 0.361 e. The maximum absolute atomic E-state index is 12.4. The maximum atomic E-state index is 12.4. The summed E-state index contributed by atoms with van der Waals surface area (Å²) >= 11 is 0. The topological polar surface area (TPSA) is 75.6 Å². The predicted octanol–water partition coefficient (Wildman–Crippen LogP) is 3.12. The van der Waals surface area contributed by atoms with Gasteiger partial charge in [0, 0.05) is 23.1 Å². The van der Waals surface area contributed by atoms with Crippen LogP contribution in [0.1, 0.15) is 49.5 Å². The molecular weight excluding hydrogens is 314 g/mol. The Bertz CT molecular complexity index is 859. The number of carbonyl (C=O) groups excluding carboxylic acids is 1. The third-order valence-corrected chi connectivity index (χ3v) is 5.08. The number of aromatic amines is 1. The normalized spacial score (nSPS) is 15.5. The van der Waals surface area contributed by atoms with E-state index in [1.807, 2.05) is 30.5 Å². The quantitative estimate of drug-likeness (QED) is 0.751. The van der Waals surface area contributed by atoms with Crippen molar-refractivity contribution in [3.8, 4) is 0 Å². The first-order valence-electron chi connectivity index (χ1n) is 9.01. The molecule has 0 aliphatic heterocycles. The number of carbonyl (C=O) groups is 1. The van der Waals surface area contributed by atoms with Gasteiger partial charge in [-0.2, -0.15) is 0 Å². The van der Waals surface area contributed by atoms with E-state index in [1.165, 1.54) is 32.1 Å². The number of fused-ring (bicyclic) bond motifs is 1. The van der Waals surface area contributed by atoms with Gasteiger partial charge in [-0.3, -0.25) is 4.79 Å². The molecule has 1 aromatic carbocycles. The van der Waals surface area contributed by atoms with Crippen LogP contribution in [-0.2, 0) is 17.8 Å². The van der Waals surface area contributed by atoms with E-state index in [0.717, 1.165) is 22.3 Å². The van der Waals surface area contributed by atoms with Gasteiger partial charge in [-0.05, 0) is 24.5 Å². The highest BCUT2D eigenvalue weighted by atomic mass is 16.1. The Balaban J connectivity index is 1.38. The molecule has 0 unspecified atom stereocenters. The number of H-pyrrole nitrogens is 1. The Kier molecular flexibility index (Phi) is 4.50. The molecule has 1 fully saturated rings. The fraction of sp³-hybridized carbons (Fsp3) is 0.421. The lowest BCUT2D eigenvalue weighted by atomic mass is 9.95. The second kappa shape index (κ2) is 7.09. The smallest absolute Gasteiger partial charge is 0.224 e. The van der Waals surface area contributed by atoms with Gasteiger partial charge >= 0.3 is 0 Å². The molecule has 0 bridgehead atoms. The Labute approximate surface area is 146 Å². The summed E-state index contributed by atoms with van der Waals surface area (Å²) in [5.41, 5.74) is 2.07. The number of hydrogen-bond acceptors (Lipinski definition) is 3. The summed E-state index contributed by atoms with van der Waals surface area (Å²) in [7, 11) is 0. The van der Waals surface area contributed by atoms with Gasteiger partial charge in [-0.15, -0.1) is 10.2 Å². The fourth-order valence-electron chi connectivity index (χ4n) is 3.75. The summed E-state index contributed by atoms with van der Waals surface area (Å²) in [4.78, 5) is 15.6. The van der Waals surface area contributed by atoms with Crippen LogP contribution in [0.2, 0.25) is 0 Å². The van der Waals surface area contributed by atoms with Crippen LogP contribution >= 0.6 is 0 Å². The molecule has 1 amide bonds. The number of para-hydroxylation sites is 1. The second-order valence-corrected chi connectivity index (χ2v) is 6.76. The van der Waals surface area contributed by atoms with Gasteiger partial charge in [0.15, 0.2) is 5.82 Å². The molecule has 130 valence electrons. The molecule has 2 heterocycles. The highest BCUT2D eigenvalue weighted by molar-refractivity contribution is 5.88. The first-order valence-corrected chi connectivity index (χ1v) is 9.01. The van der Waals surface area contributed by atoms with Crippen LogP contribution < -0.4 is 5.32 Å². The highest BCUT2D eigenvalue weighted by Gasteiger charge is 2.18. The number of nitrogens with one attached hydrogen (secondary N) is 2. The molecule has 6 nitrogen and oxygen atoms in total. The van der Waals surface area contributed by atoms with Crippen molar-refractivity contribution in [1.29, 1.82) is 0 Å². The van der Waals surface area contributed by atoms with Crippen molar-refractivity contribution in [2.45, 2.75) is 51.1 Å². The van der Waals surface area contributed by atoms with Crippen molar-refractivity contribution in [3.63, 3.8) is 0 Å². The molecule has 0 spiro atoms. The zero-order chi connectivity index (χ0) is 17.1. The van der Waals surface area contributed by atoms with E-state index in [4.69, 9.17) is 0 Å². The van der Waals surface area contributed by atoms with Crippen molar-refractivity contribution in [3.05, 3.63) is 48.2 Å². The lowest BCUT2D eigenvalue weighted by molar-refractivity contribution is -0.120. The van der Waals surface area contributed by atoms with E-state index < -0.39 is 0 Å². The van der Waals surface area contributed by atoms with Gasteiger partial charge in [0.1, 0.15) is 6.33 Å². The van der Waals surface area contributed by atoms with Gasteiger partial charge < -0.3 is 14.9 Å². The zero-order valence-electron chi connectivity index (χ0n) is 14.2. The van der Waals surface area contributed by atoms with E-state index >= 15 is 0 Å². The van der Waals surface area contributed by atoms with Gasteiger partial charge in [-0.1, -0.05) is 37.5 Å². The lowest BCUT2D eigenvalue weighted by Crippen LogP contribution is -2.27. The Morgan fingerprint density at radius 1 is 1.24 bits per heavy atom. The van der Waals surface area contributed by atoms with Crippen molar-refractivity contribution >= 4 is 16.8 Å².